The molecule has 16 heavy (non-hydrogen) atoms. The summed E-state index contributed by atoms with van der Waals surface area (Å²) in [6.45, 7) is 0. The van der Waals surface area contributed by atoms with Gasteiger partial charge in [-0.2, -0.15) is 0 Å². The van der Waals surface area contributed by atoms with Gasteiger partial charge < -0.3 is 0 Å². The third kappa shape index (κ3) is 1.96. The summed E-state index contributed by atoms with van der Waals surface area (Å²) in [5, 5.41) is 3.03. The zero-order chi connectivity index (χ0) is 12.0. The lowest BCUT2D eigenvalue weighted by molar-refractivity contribution is 1.73. The van der Waals surface area contributed by atoms with Crippen LogP contribution in [0.3, 0.4) is 0 Å². The van der Waals surface area contributed by atoms with E-state index >= 15 is 0 Å². The summed E-state index contributed by atoms with van der Waals surface area (Å²) in [7, 11) is 0. The lowest BCUT2D eigenvalue weighted by Crippen LogP contribution is -1.82. The summed E-state index contributed by atoms with van der Waals surface area (Å²) in [5.74, 6) is 0. The standard InChI is InChI=1S/C10H2Cl6/c11-4-2-6(13)8(14)3-1-5(12)9(15)10(16)7(3)4/h1-2H. The minimum absolute atomic E-state index is 0.246. The molecule has 0 aliphatic heterocycles. The third-order valence-corrected chi connectivity index (χ3v) is 4.46. The highest BCUT2D eigenvalue weighted by atomic mass is 35.5. The first kappa shape index (κ1) is 12.9. The quantitative estimate of drug-likeness (QED) is 0.369. The average molecular weight is 335 g/mol. The van der Waals surface area contributed by atoms with Crippen LogP contribution < -0.4 is 0 Å². The highest BCUT2D eigenvalue weighted by Gasteiger charge is 2.16. The topological polar surface area (TPSA) is 0 Å². The molecule has 0 aliphatic rings. The van der Waals surface area contributed by atoms with Gasteiger partial charge in [0.2, 0.25) is 0 Å². The minimum Gasteiger partial charge on any atom is -0.0835 e. The van der Waals surface area contributed by atoms with Crippen LogP contribution in [-0.4, -0.2) is 0 Å². The van der Waals surface area contributed by atoms with Crippen molar-refractivity contribution < 1.29 is 0 Å². The molecule has 0 atom stereocenters. The molecule has 0 bridgehead atoms. The van der Waals surface area contributed by atoms with Gasteiger partial charge in [0.1, 0.15) is 0 Å². The molecule has 0 heterocycles. The Kier molecular flexibility index (Phi) is 3.71. The van der Waals surface area contributed by atoms with Crippen molar-refractivity contribution in [1.82, 2.24) is 0 Å². The van der Waals surface area contributed by atoms with E-state index in [1.165, 1.54) is 6.07 Å². The van der Waals surface area contributed by atoms with Crippen LogP contribution in [0.15, 0.2) is 12.1 Å². The molecule has 0 radical (unpaired) electrons. The van der Waals surface area contributed by atoms with Crippen molar-refractivity contribution in [3.05, 3.63) is 42.3 Å². The fourth-order valence-corrected chi connectivity index (χ4v) is 2.91. The molecule has 0 N–H and O–H groups in total. The molecule has 0 saturated heterocycles. The van der Waals surface area contributed by atoms with E-state index in [0.29, 0.717) is 30.9 Å². The van der Waals surface area contributed by atoms with Crippen molar-refractivity contribution >= 4 is 80.4 Å². The van der Waals surface area contributed by atoms with Crippen molar-refractivity contribution in [3.8, 4) is 0 Å². The summed E-state index contributed by atoms with van der Waals surface area (Å²) < 4.78 is 0. The Morgan fingerprint density at radius 2 is 1.12 bits per heavy atom. The SMILES string of the molecule is Clc1cc2c(Cl)c(Cl)cc(Cl)c2c(Cl)c1Cl. The fourth-order valence-electron chi connectivity index (χ4n) is 1.38. The second-order valence-electron chi connectivity index (χ2n) is 3.06. The maximum atomic E-state index is 6.06. The summed E-state index contributed by atoms with van der Waals surface area (Å²) in [6.07, 6.45) is 0. The number of halogens is 6. The smallest absolute Gasteiger partial charge is 0.0785 e. The van der Waals surface area contributed by atoms with Gasteiger partial charge in [0.05, 0.1) is 30.1 Å². The molecule has 2 aromatic rings. The van der Waals surface area contributed by atoms with Crippen LogP contribution in [0.2, 0.25) is 30.1 Å². The van der Waals surface area contributed by atoms with Crippen molar-refractivity contribution in [2.24, 2.45) is 0 Å². The molecule has 84 valence electrons. The van der Waals surface area contributed by atoms with Gasteiger partial charge in [-0.05, 0) is 12.1 Å². The van der Waals surface area contributed by atoms with E-state index in [-0.39, 0.29) is 10.0 Å². The van der Waals surface area contributed by atoms with Crippen LogP contribution in [0, 0.1) is 0 Å². The van der Waals surface area contributed by atoms with Crippen LogP contribution in [-0.2, 0) is 0 Å². The Bertz CT molecular complexity index is 590. The van der Waals surface area contributed by atoms with Gasteiger partial charge in [-0.25, -0.2) is 0 Å². The monoisotopic (exact) mass is 332 g/mol. The van der Waals surface area contributed by atoms with E-state index in [9.17, 15) is 0 Å². The first-order valence-electron chi connectivity index (χ1n) is 4.04. The molecule has 0 saturated carbocycles. The predicted molar refractivity (Wildman–Crippen MR) is 74.0 cm³/mol. The van der Waals surface area contributed by atoms with E-state index < -0.39 is 0 Å². The summed E-state index contributed by atoms with van der Waals surface area (Å²) in [5.41, 5.74) is 0. The number of hydrogen-bond acceptors (Lipinski definition) is 0. The molecule has 0 unspecified atom stereocenters. The first-order chi connectivity index (χ1) is 7.43. The highest BCUT2D eigenvalue weighted by molar-refractivity contribution is 6.54. The normalized spacial score (nSPS) is 11.1. The van der Waals surface area contributed by atoms with E-state index in [1.54, 1.807) is 6.07 Å². The van der Waals surface area contributed by atoms with Crippen molar-refractivity contribution in [3.63, 3.8) is 0 Å². The third-order valence-electron chi connectivity index (χ3n) is 2.10. The maximum absolute atomic E-state index is 6.06. The lowest BCUT2D eigenvalue weighted by Gasteiger charge is -2.09. The Labute approximate surface area is 122 Å². The fraction of sp³-hybridized carbons (Fsp3) is 0. The van der Waals surface area contributed by atoms with Crippen molar-refractivity contribution in [2.45, 2.75) is 0 Å². The lowest BCUT2D eigenvalue weighted by atomic mass is 10.1. The van der Waals surface area contributed by atoms with Gasteiger partial charge >= 0.3 is 0 Å². The number of benzene rings is 2. The summed E-state index contributed by atoms with van der Waals surface area (Å²) in [6, 6.07) is 3.11. The molecule has 2 rings (SSSR count). The predicted octanol–water partition coefficient (Wildman–Crippen LogP) is 6.76. The summed E-state index contributed by atoms with van der Waals surface area (Å²) in [4.78, 5) is 0. The van der Waals surface area contributed by atoms with Crippen LogP contribution in [0.4, 0.5) is 0 Å². The Morgan fingerprint density at radius 1 is 0.562 bits per heavy atom. The maximum Gasteiger partial charge on any atom is 0.0785 e. The summed E-state index contributed by atoms with van der Waals surface area (Å²) >= 11 is 35.9. The van der Waals surface area contributed by atoms with Gasteiger partial charge in [-0.3, -0.25) is 0 Å². The second kappa shape index (κ2) is 4.61. The second-order valence-corrected chi connectivity index (χ2v) is 5.42. The zero-order valence-corrected chi connectivity index (χ0v) is 12.0. The van der Waals surface area contributed by atoms with Crippen molar-refractivity contribution in [1.29, 1.82) is 0 Å². The molecule has 0 aromatic heterocycles. The molecular formula is C10H2Cl6. The van der Waals surface area contributed by atoms with Gasteiger partial charge in [-0.15, -0.1) is 0 Å². The Hall–Kier alpha value is 0.440. The molecule has 0 amide bonds. The van der Waals surface area contributed by atoms with E-state index in [1.807, 2.05) is 0 Å². The number of hydrogen-bond donors (Lipinski definition) is 0. The molecule has 0 fully saturated rings. The van der Waals surface area contributed by atoms with Crippen LogP contribution >= 0.6 is 69.6 Å². The highest BCUT2D eigenvalue weighted by Crippen LogP contribution is 2.44. The van der Waals surface area contributed by atoms with E-state index in [4.69, 9.17) is 69.6 Å². The molecule has 0 aliphatic carbocycles. The number of fused-ring (bicyclic) bond motifs is 1. The largest absolute Gasteiger partial charge is 0.0835 e. The van der Waals surface area contributed by atoms with Gasteiger partial charge in [-0.1, -0.05) is 69.6 Å². The van der Waals surface area contributed by atoms with Crippen LogP contribution in [0.25, 0.3) is 10.8 Å². The van der Waals surface area contributed by atoms with Crippen LogP contribution in [0.1, 0.15) is 0 Å². The molecule has 0 spiro atoms. The minimum atomic E-state index is 0.246. The van der Waals surface area contributed by atoms with E-state index in [0.717, 1.165) is 0 Å². The Morgan fingerprint density at radius 3 is 1.75 bits per heavy atom. The average Bonchev–Trinajstić information content (AvgIpc) is 2.22. The molecule has 6 heteroatoms. The first-order valence-corrected chi connectivity index (χ1v) is 6.31. The van der Waals surface area contributed by atoms with Crippen LogP contribution in [0.5, 0.6) is 0 Å². The molecule has 0 nitrogen and oxygen atoms in total. The molecular weight excluding hydrogens is 333 g/mol. The molecule has 2 aromatic carbocycles. The van der Waals surface area contributed by atoms with Gasteiger partial charge in [0.25, 0.3) is 0 Å². The Balaban J connectivity index is 3.07. The van der Waals surface area contributed by atoms with Gasteiger partial charge in [0.15, 0.2) is 0 Å². The van der Waals surface area contributed by atoms with Gasteiger partial charge in [0, 0.05) is 10.8 Å². The van der Waals surface area contributed by atoms with Crippen molar-refractivity contribution in [2.75, 3.05) is 0 Å². The number of rotatable bonds is 0. The van der Waals surface area contributed by atoms with E-state index in [2.05, 4.69) is 0 Å². The zero-order valence-electron chi connectivity index (χ0n) is 7.42.